The maximum absolute atomic E-state index is 13.5. The first-order valence-corrected chi connectivity index (χ1v) is 13.9. The Hall–Kier alpha value is -3.56. The van der Waals surface area contributed by atoms with Crippen LogP contribution in [0.3, 0.4) is 0 Å². The largest absolute Gasteiger partial charge is 0.495 e. The zero-order valence-corrected chi connectivity index (χ0v) is 23.5. The number of alkyl halides is 3. The van der Waals surface area contributed by atoms with Crippen molar-refractivity contribution < 1.29 is 22.7 Å². The van der Waals surface area contributed by atoms with Gasteiger partial charge in [-0.15, -0.1) is 0 Å². The second-order valence-corrected chi connectivity index (χ2v) is 10.6. The molecule has 0 radical (unpaired) electrons. The smallest absolute Gasteiger partial charge is 0.446 e. The number of amides is 1. The molecule has 1 amide bonds. The van der Waals surface area contributed by atoms with Gasteiger partial charge in [-0.3, -0.25) is 4.79 Å². The fourth-order valence-corrected chi connectivity index (χ4v) is 5.37. The van der Waals surface area contributed by atoms with Gasteiger partial charge in [0.1, 0.15) is 17.3 Å². The van der Waals surface area contributed by atoms with Gasteiger partial charge >= 0.3 is 5.51 Å². The topological polar surface area (TPSA) is 82.9 Å². The summed E-state index contributed by atoms with van der Waals surface area (Å²) in [5.41, 5.74) is -3.16. The second kappa shape index (κ2) is 13.2. The lowest BCUT2D eigenvalue weighted by molar-refractivity contribution is -0.0327. The predicted octanol–water partition coefficient (Wildman–Crippen LogP) is 5.06. The summed E-state index contributed by atoms with van der Waals surface area (Å²) in [6.45, 7) is 1.95. The van der Waals surface area contributed by atoms with E-state index in [1.165, 1.54) is 25.1 Å². The number of pyridine rings is 1. The minimum Gasteiger partial charge on any atom is -0.495 e. The summed E-state index contributed by atoms with van der Waals surface area (Å²) >= 11 is -0.214. The van der Waals surface area contributed by atoms with Gasteiger partial charge in [-0.05, 0) is 74.4 Å². The van der Waals surface area contributed by atoms with Crippen molar-refractivity contribution in [3.05, 3.63) is 47.7 Å². The number of nitrogens with zero attached hydrogens (tertiary/aromatic N) is 3. The predicted molar refractivity (Wildman–Crippen MR) is 152 cm³/mol. The number of hydrogen-bond acceptors (Lipinski definition) is 7. The quantitative estimate of drug-likeness (QED) is 0.269. The molecular formula is C28H33F3N6O2S. The number of halogens is 3. The van der Waals surface area contributed by atoms with Crippen molar-refractivity contribution in [3.63, 3.8) is 0 Å². The van der Waals surface area contributed by atoms with Crippen LogP contribution >= 0.6 is 11.8 Å². The van der Waals surface area contributed by atoms with E-state index in [2.05, 4.69) is 44.8 Å². The number of methoxy groups -OCH3 is 1. The standard InChI is InChI=1S/C28H33F3N6O2S/c1-32-27(38)19-13-14-24(39-3)22(17-19)33-15-8-10-21-26(40-28(29,30)31)23-11-7-12-25(37(23)35-21)34-20-9-5-4-6-16-36(2)18-20/h7,11-14,17,20,33-34H,4-6,9,15-16,18H2,1-3H3,(H,32,38). The molecule has 0 spiro atoms. The lowest BCUT2D eigenvalue weighted by Gasteiger charge is -2.28. The van der Waals surface area contributed by atoms with E-state index < -0.39 is 5.51 Å². The van der Waals surface area contributed by atoms with E-state index in [9.17, 15) is 18.0 Å². The molecule has 1 unspecified atom stereocenters. The number of carbonyl (C=O) groups is 1. The first kappa shape index (κ1) is 29.4. The molecule has 3 heterocycles. The van der Waals surface area contributed by atoms with E-state index in [1.807, 2.05) is 6.07 Å². The van der Waals surface area contributed by atoms with Gasteiger partial charge < -0.3 is 25.6 Å². The maximum Gasteiger partial charge on any atom is 0.446 e. The molecule has 1 saturated heterocycles. The molecule has 2 aromatic heterocycles. The third-order valence-electron chi connectivity index (χ3n) is 6.57. The number of aromatic nitrogens is 2. The highest BCUT2D eigenvalue weighted by Crippen LogP contribution is 2.41. The Morgan fingerprint density at radius 1 is 1.23 bits per heavy atom. The van der Waals surface area contributed by atoms with Crippen molar-refractivity contribution in [1.29, 1.82) is 0 Å². The number of carbonyl (C=O) groups excluding carboxylic acids is 1. The molecule has 214 valence electrons. The zero-order chi connectivity index (χ0) is 28.7. The average molecular weight is 575 g/mol. The molecule has 1 atom stereocenters. The summed E-state index contributed by atoms with van der Waals surface area (Å²) in [5.74, 6) is 6.56. The van der Waals surface area contributed by atoms with Crippen LogP contribution in [0.15, 0.2) is 41.3 Å². The van der Waals surface area contributed by atoms with E-state index in [0.717, 1.165) is 32.4 Å². The van der Waals surface area contributed by atoms with Gasteiger partial charge in [-0.1, -0.05) is 24.8 Å². The molecule has 1 aromatic carbocycles. The van der Waals surface area contributed by atoms with Crippen LogP contribution < -0.4 is 20.7 Å². The molecule has 0 bridgehead atoms. The minimum atomic E-state index is -4.50. The Morgan fingerprint density at radius 2 is 2.05 bits per heavy atom. The highest BCUT2D eigenvalue weighted by molar-refractivity contribution is 8.00. The van der Waals surface area contributed by atoms with E-state index in [4.69, 9.17) is 4.74 Å². The maximum atomic E-state index is 13.5. The lowest BCUT2D eigenvalue weighted by Crippen LogP contribution is -2.36. The molecule has 0 aliphatic carbocycles. The fraction of sp³-hybridized carbons (Fsp3) is 0.429. The molecule has 1 fully saturated rings. The summed E-state index contributed by atoms with van der Waals surface area (Å²) in [6.07, 6.45) is 4.38. The first-order valence-electron chi connectivity index (χ1n) is 13.0. The van der Waals surface area contributed by atoms with Gasteiger partial charge in [0.15, 0.2) is 0 Å². The molecule has 1 aliphatic heterocycles. The van der Waals surface area contributed by atoms with Gasteiger partial charge in [0.05, 0.1) is 29.8 Å². The summed E-state index contributed by atoms with van der Waals surface area (Å²) in [5, 5.41) is 13.6. The highest BCUT2D eigenvalue weighted by Gasteiger charge is 2.33. The molecule has 12 heteroatoms. The van der Waals surface area contributed by atoms with Crippen LogP contribution in [-0.4, -0.2) is 72.8 Å². The van der Waals surface area contributed by atoms with E-state index >= 15 is 0 Å². The number of ether oxygens (including phenoxy) is 1. The van der Waals surface area contributed by atoms with Crippen molar-refractivity contribution in [2.75, 3.05) is 51.5 Å². The van der Waals surface area contributed by atoms with Gasteiger partial charge in [0.25, 0.3) is 5.91 Å². The number of rotatable bonds is 7. The molecule has 1 aliphatic rings. The number of hydrogen-bond donors (Lipinski definition) is 3. The van der Waals surface area contributed by atoms with Crippen LogP contribution in [0.2, 0.25) is 0 Å². The Kier molecular flexibility index (Phi) is 9.71. The van der Waals surface area contributed by atoms with Crippen LogP contribution in [0.5, 0.6) is 5.75 Å². The van der Waals surface area contributed by atoms with Crippen LogP contribution in [0.1, 0.15) is 41.7 Å². The van der Waals surface area contributed by atoms with Gasteiger partial charge in [-0.25, -0.2) is 4.52 Å². The number of likely N-dealkylation sites (N-methyl/N-ethyl adjacent to an activating group) is 1. The summed E-state index contributed by atoms with van der Waals surface area (Å²) in [4.78, 5) is 14.2. The van der Waals surface area contributed by atoms with Crippen molar-refractivity contribution in [1.82, 2.24) is 19.8 Å². The number of fused-ring (bicyclic) bond motifs is 1. The van der Waals surface area contributed by atoms with Crippen molar-refractivity contribution in [2.45, 2.75) is 42.1 Å². The van der Waals surface area contributed by atoms with Gasteiger partial charge in [0.2, 0.25) is 0 Å². The number of nitrogens with one attached hydrogen (secondary N) is 3. The van der Waals surface area contributed by atoms with Crippen molar-refractivity contribution in [2.24, 2.45) is 0 Å². The number of benzene rings is 1. The second-order valence-electron chi connectivity index (χ2n) is 9.54. The lowest BCUT2D eigenvalue weighted by atomic mass is 10.0. The molecule has 3 N–H and O–H groups in total. The molecule has 0 saturated carbocycles. The Morgan fingerprint density at radius 3 is 2.80 bits per heavy atom. The molecule has 4 rings (SSSR count). The monoisotopic (exact) mass is 574 g/mol. The van der Waals surface area contributed by atoms with Crippen molar-refractivity contribution in [3.8, 4) is 17.6 Å². The molecule has 8 nitrogen and oxygen atoms in total. The van der Waals surface area contributed by atoms with Gasteiger partial charge in [0, 0.05) is 25.2 Å². The average Bonchev–Trinajstić information content (AvgIpc) is 3.25. The van der Waals surface area contributed by atoms with Crippen LogP contribution in [-0.2, 0) is 0 Å². The van der Waals surface area contributed by atoms with Gasteiger partial charge in [-0.2, -0.15) is 18.3 Å². The Labute approximate surface area is 236 Å². The SMILES string of the molecule is CNC(=O)c1ccc(OC)c(NCC#Cc2nn3c(NC4CCCCCN(C)C4)cccc3c2SC(F)(F)F)c1. The molecule has 40 heavy (non-hydrogen) atoms. The fourth-order valence-electron chi connectivity index (χ4n) is 4.69. The molecule has 3 aromatic rings. The molecular weight excluding hydrogens is 541 g/mol. The normalized spacial score (nSPS) is 16.4. The zero-order valence-electron chi connectivity index (χ0n) is 22.7. The summed E-state index contributed by atoms with van der Waals surface area (Å²) < 4.78 is 47.5. The van der Waals surface area contributed by atoms with E-state index in [-0.39, 0.29) is 40.8 Å². The third kappa shape index (κ3) is 7.55. The minimum absolute atomic E-state index is 0.0410. The number of likely N-dealkylation sites (tertiary alicyclic amines) is 1. The Balaban J connectivity index is 1.61. The third-order valence-corrected chi connectivity index (χ3v) is 7.41. The van der Waals surface area contributed by atoms with E-state index in [0.29, 0.717) is 28.3 Å². The Bertz CT molecular complexity index is 1400. The number of thioether (sulfide) groups is 1. The van der Waals surface area contributed by atoms with Crippen LogP contribution in [0.25, 0.3) is 5.52 Å². The summed E-state index contributed by atoms with van der Waals surface area (Å²) in [7, 11) is 5.12. The summed E-state index contributed by atoms with van der Waals surface area (Å²) in [6, 6.07) is 10.2. The van der Waals surface area contributed by atoms with Crippen LogP contribution in [0.4, 0.5) is 24.7 Å². The van der Waals surface area contributed by atoms with Crippen molar-refractivity contribution >= 4 is 34.7 Å². The van der Waals surface area contributed by atoms with Crippen LogP contribution in [0, 0.1) is 11.8 Å². The number of anilines is 2. The van der Waals surface area contributed by atoms with E-state index in [1.54, 1.807) is 30.3 Å². The highest BCUT2D eigenvalue weighted by atomic mass is 32.2. The first-order chi connectivity index (χ1) is 19.2.